The molecule has 1 amide bonds. The number of primary sulfonamides is 1. The maximum Gasteiger partial charge on any atom is 0.261 e. The van der Waals surface area contributed by atoms with Gasteiger partial charge in [0.25, 0.3) is 15.9 Å². The van der Waals surface area contributed by atoms with E-state index < -0.39 is 26.0 Å². The second kappa shape index (κ2) is 9.39. The lowest BCUT2D eigenvalue weighted by Crippen LogP contribution is -2.16. The number of methoxy groups -OCH3 is 1. The molecule has 11 heteroatoms. The van der Waals surface area contributed by atoms with Gasteiger partial charge in [-0.25, -0.2) is 22.0 Å². The molecule has 0 atom stereocenters. The summed E-state index contributed by atoms with van der Waals surface area (Å²) in [5, 5.41) is 7.67. The minimum Gasteiger partial charge on any atom is -0.497 e. The van der Waals surface area contributed by atoms with Gasteiger partial charge in [-0.15, -0.1) is 0 Å². The average Bonchev–Trinajstić information content (AvgIpc) is 2.73. The second-order valence-corrected chi connectivity index (χ2v) is 10.1. The topological polar surface area (TPSA) is 145 Å². The molecule has 0 aliphatic rings. The summed E-state index contributed by atoms with van der Waals surface area (Å²) < 4.78 is 55.5. The predicted octanol–water partition coefficient (Wildman–Crippen LogP) is 2.54. The van der Waals surface area contributed by atoms with Crippen molar-refractivity contribution in [3.8, 4) is 5.75 Å². The summed E-state index contributed by atoms with van der Waals surface area (Å²) in [6.07, 6.45) is 0. The number of hydrogen-bond acceptors (Lipinski definition) is 6. The third-order valence-electron chi connectivity index (χ3n) is 4.30. The van der Waals surface area contributed by atoms with Crippen LogP contribution in [0.25, 0.3) is 0 Å². The van der Waals surface area contributed by atoms with E-state index in [-0.39, 0.29) is 16.2 Å². The van der Waals surface area contributed by atoms with Gasteiger partial charge in [-0.2, -0.15) is 0 Å². The number of ether oxygens (including phenoxy) is 1. The Morgan fingerprint density at radius 2 is 1.59 bits per heavy atom. The fourth-order valence-electron chi connectivity index (χ4n) is 2.85. The van der Waals surface area contributed by atoms with E-state index in [1.807, 2.05) is 0 Å². The first-order valence-corrected chi connectivity index (χ1v) is 12.4. The quantitative estimate of drug-likeness (QED) is 0.457. The highest BCUT2D eigenvalue weighted by Gasteiger charge is 2.17. The number of hydrogen-bond donors (Lipinski definition) is 3. The number of nitrogens with one attached hydrogen (secondary N) is 2. The highest BCUT2D eigenvalue weighted by atomic mass is 32.2. The maximum atomic E-state index is 12.7. The Morgan fingerprint density at radius 3 is 2.25 bits per heavy atom. The Bertz CT molecular complexity index is 1340. The molecule has 0 aliphatic carbocycles. The van der Waals surface area contributed by atoms with Gasteiger partial charge in [-0.05, 0) is 60.2 Å². The summed E-state index contributed by atoms with van der Waals surface area (Å²) in [5.41, 5.74) is 1.21. The van der Waals surface area contributed by atoms with Crippen LogP contribution in [0.5, 0.6) is 5.75 Å². The van der Waals surface area contributed by atoms with Crippen LogP contribution in [0, 0.1) is 0 Å². The van der Waals surface area contributed by atoms with Crippen molar-refractivity contribution in [3.63, 3.8) is 0 Å². The largest absolute Gasteiger partial charge is 0.497 e. The number of sulfonamides is 2. The van der Waals surface area contributed by atoms with Crippen molar-refractivity contribution in [3.05, 3.63) is 83.9 Å². The van der Waals surface area contributed by atoms with Crippen LogP contribution in [0.1, 0.15) is 15.9 Å². The third-order valence-corrected chi connectivity index (χ3v) is 6.42. The first-order valence-electron chi connectivity index (χ1n) is 9.23. The van der Waals surface area contributed by atoms with Crippen molar-refractivity contribution in [1.29, 1.82) is 0 Å². The van der Waals surface area contributed by atoms with E-state index in [9.17, 15) is 21.6 Å². The molecule has 9 nitrogen and oxygen atoms in total. The van der Waals surface area contributed by atoms with Crippen LogP contribution in [0.2, 0.25) is 0 Å². The molecule has 32 heavy (non-hydrogen) atoms. The van der Waals surface area contributed by atoms with Gasteiger partial charge in [-0.3, -0.25) is 9.52 Å². The fraction of sp³-hybridized carbons (Fsp3) is 0.0952. The monoisotopic (exact) mass is 475 g/mol. The molecule has 0 radical (unpaired) electrons. The van der Waals surface area contributed by atoms with Crippen molar-refractivity contribution in [2.24, 2.45) is 5.14 Å². The standard InChI is InChI=1S/C21H21N3O6S2/c1-30-19-10-8-17(9-11-19)24-32(28,29)20-7-3-5-16(13-20)21(25)23-18-6-2-4-15(12-18)14-31(22,26)27/h2-13,24H,14H2,1H3,(H,23,25)(H2,22,26,27). The lowest BCUT2D eigenvalue weighted by atomic mass is 10.2. The molecule has 0 spiro atoms. The lowest BCUT2D eigenvalue weighted by molar-refractivity contribution is 0.102. The van der Waals surface area contributed by atoms with Crippen LogP contribution >= 0.6 is 0 Å². The van der Waals surface area contributed by atoms with Gasteiger partial charge in [0.1, 0.15) is 5.75 Å². The maximum absolute atomic E-state index is 12.7. The van der Waals surface area contributed by atoms with E-state index in [1.54, 1.807) is 42.5 Å². The lowest BCUT2D eigenvalue weighted by Gasteiger charge is -2.11. The van der Waals surface area contributed by atoms with E-state index >= 15 is 0 Å². The van der Waals surface area contributed by atoms with Crippen LogP contribution in [0.15, 0.2) is 77.7 Å². The molecule has 168 valence electrons. The predicted molar refractivity (Wildman–Crippen MR) is 121 cm³/mol. The first-order chi connectivity index (χ1) is 15.1. The average molecular weight is 476 g/mol. The number of carbonyl (C=O) groups is 1. The van der Waals surface area contributed by atoms with Crippen LogP contribution < -0.4 is 19.9 Å². The van der Waals surface area contributed by atoms with Crippen LogP contribution in [0.3, 0.4) is 0 Å². The minimum absolute atomic E-state index is 0.0936. The molecule has 4 N–H and O–H groups in total. The summed E-state index contributed by atoms with van der Waals surface area (Å²) in [6.45, 7) is 0. The number of amides is 1. The summed E-state index contributed by atoms with van der Waals surface area (Å²) in [6, 6.07) is 18.1. The number of nitrogens with two attached hydrogens (primary N) is 1. The van der Waals surface area contributed by atoms with Crippen LogP contribution in [-0.4, -0.2) is 29.9 Å². The summed E-state index contributed by atoms with van der Waals surface area (Å²) in [7, 11) is -6.15. The molecule has 0 aliphatic heterocycles. The van der Waals surface area contributed by atoms with Gasteiger partial charge >= 0.3 is 0 Å². The van der Waals surface area contributed by atoms with Gasteiger partial charge in [0, 0.05) is 16.9 Å². The number of carbonyl (C=O) groups excluding carboxylic acids is 1. The van der Waals surface area contributed by atoms with Crippen molar-refractivity contribution in [1.82, 2.24) is 0 Å². The Kier molecular flexibility index (Phi) is 6.82. The van der Waals surface area contributed by atoms with Crippen molar-refractivity contribution in [2.75, 3.05) is 17.1 Å². The second-order valence-electron chi connectivity index (χ2n) is 6.82. The third kappa shape index (κ3) is 6.30. The van der Waals surface area contributed by atoms with E-state index in [1.165, 1.54) is 37.4 Å². The van der Waals surface area contributed by atoms with Gasteiger partial charge < -0.3 is 10.1 Å². The SMILES string of the molecule is COc1ccc(NS(=O)(=O)c2cccc(C(=O)Nc3cccc(CS(N)(=O)=O)c3)c2)cc1. The summed E-state index contributed by atoms with van der Waals surface area (Å²) >= 11 is 0. The van der Waals surface area contributed by atoms with E-state index in [2.05, 4.69) is 10.0 Å². The zero-order valence-electron chi connectivity index (χ0n) is 17.0. The molecular formula is C21H21N3O6S2. The Balaban J connectivity index is 1.77. The molecular weight excluding hydrogens is 454 g/mol. The molecule has 0 saturated heterocycles. The van der Waals surface area contributed by atoms with E-state index in [0.717, 1.165) is 0 Å². The van der Waals surface area contributed by atoms with Gasteiger partial charge in [0.2, 0.25) is 10.0 Å². The Labute approximate surface area is 186 Å². The van der Waals surface area contributed by atoms with Crippen molar-refractivity contribution in [2.45, 2.75) is 10.6 Å². The van der Waals surface area contributed by atoms with Crippen molar-refractivity contribution >= 4 is 37.3 Å². The fourth-order valence-corrected chi connectivity index (χ4v) is 4.60. The Hall–Kier alpha value is -3.41. The molecule has 0 heterocycles. The van der Waals surface area contributed by atoms with Crippen LogP contribution in [0.4, 0.5) is 11.4 Å². The number of rotatable bonds is 8. The molecule has 3 aromatic rings. The molecule has 0 fully saturated rings. The molecule has 3 aromatic carbocycles. The highest BCUT2D eigenvalue weighted by molar-refractivity contribution is 7.92. The molecule has 0 bridgehead atoms. The zero-order chi connectivity index (χ0) is 23.4. The van der Waals surface area contributed by atoms with Gasteiger partial charge in [0.15, 0.2) is 0 Å². The van der Waals surface area contributed by atoms with Crippen molar-refractivity contribution < 1.29 is 26.4 Å². The van der Waals surface area contributed by atoms with Crippen LogP contribution in [-0.2, 0) is 25.8 Å². The molecule has 0 saturated carbocycles. The van der Waals surface area contributed by atoms with Gasteiger partial charge in [0.05, 0.1) is 17.8 Å². The Morgan fingerprint density at radius 1 is 0.906 bits per heavy atom. The van der Waals surface area contributed by atoms with E-state index in [4.69, 9.17) is 9.88 Å². The number of anilines is 2. The number of benzene rings is 3. The van der Waals surface area contributed by atoms with Gasteiger partial charge in [-0.1, -0.05) is 18.2 Å². The first kappa shape index (κ1) is 23.3. The zero-order valence-corrected chi connectivity index (χ0v) is 18.6. The molecule has 3 rings (SSSR count). The minimum atomic E-state index is -3.94. The summed E-state index contributed by atoms with van der Waals surface area (Å²) in [5.74, 6) is -0.347. The molecule has 0 aromatic heterocycles. The van der Waals surface area contributed by atoms with E-state index in [0.29, 0.717) is 22.7 Å². The summed E-state index contributed by atoms with van der Waals surface area (Å²) in [4.78, 5) is 12.5. The smallest absolute Gasteiger partial charge is 0.261 e. The normalized spacial score (nSPS) is 11.6. The highest BCUT2D eigenvalue weighted by Crippen LogP contribution is 2.21. The molecule has 0 unspecified atom stereocenters.